The van der Waals surface area contributed by atoms with E-state index in [1.807, 2.05) is 66.2 Å². The largest absolute Gasteiger partial charge is 0.368 e. The molecule has 0 unspecified atom stereocenters. The number of hydrogen-bond donors (Lipinski definition) is 3. The topological polar surface area (TPSA) is 162 Å². The number of hydrogen-bond acceptors (Lipinski definition) is 7. The molecule has 5 N–H and O–H groups in total. The van der Waals surface area contributed by atoms with Crippen molar-refractivity contribution in [2.24, 2.45) is 30.4 Å². The lowest BCUT2D eigenvalue weighted by molar-refractivity contribution is -0.127. The molecule has 0 aliphatic heterocycles. The number of rotatable bonds is 9. The second kappa shape index (κ2) is 13.4. The fraction of sp³-hybridized carbons (Fsp3) is 0.312. The fourth-order valence-corrected chi connectivity index (χ4v) is 6.04. The van der Waals surface area contributed by atoms with Crippen LogP contribution in [0.5, 0.6) is 0 Å². The summed E-state index contributed by atoms with van der Waals surface area (Å²) in [6.07, 6.45) is 5.35. The molecule has 0 spiro atoms. The van der Waals surface area contributed by atoms with E-state index in [9.17, 15) is 9.59 Å². The number of amides is 2. The molecular weight excluding hydrogens is 578 g/mol. The maximum absolute atomic E-state index is 14.1. The van der Waals surface area contributed by atoms with Crippen LogP contribution in [-0.4, -0.2) is 54.6 Å². The summed E-state index contributed by atoms with van der Waals surface area (Å²) in [5.41, 5.74) is 18.3. The summed E-state index contributed by atoms with van der Waals surface area (Å²) in [6.45, 7) is 0.623. The Morgan fingerprint density at radius 2 is 1.66 bits per heavy atom. The van der Waals surface area contributed by atoms with Crippen LogP contribution in [0.2, 0.25) is 0 Å². The number of nitrogens with two attached hydrogens (primary N) is 2. The predicted molar refractivity (Wildman–Crippen MR) is 172 cm³/mol. The molecule has 5 aromatic rings. The van der Waals surface area contributed by atoms with Gasteiger partial charge in [0.1, 0.15) is 6.04 Å². The monoisotopic (exact) mass is 613 g/mol. The van der Waals surface area contributed by atoms with E-state index in [1.165, 1.54) is 0 Å². The highest BCUT2D eigenvalue weighted by Crippen LogP contribution is 2.33. The Labute approximate surface area is 261 Å². The molecule has 1 fully saturated rings. The number of carbonyl (C=O) groups excluding carboxylic acids is 2. The summed E-state index contributed by atoms with van der Waals surface area (Å²) in [6, 6.07) is 20.6. The highest BCUT2D eigenvalue weighted by atomic mass is 35.5. The molecule has 1 atom stereocenters. The van der Waals surface area contributed by atoms with Crippen molar-refractivity contribution >= 4 is 40.9 Å². The van der Waals surface area contributed by atoms with Gasteiger partial charge in [0.2, 0.25) is 17.6 Å². The van der Waals surface area contributed by atoms with Crippen molar-refractivity contribution in [3.63, 3.8) is 0 Å². The van der Waals surface area contributed by atoms with Crippen LogP contribution < -0.4 is 16.4 Å². The van der Waals surface area contributed by atoms with Crippen LogP contribution in [0, 0.1) is 11.8 Å². The van der Waals surface area contributed by atoms with E-state index >= 15 is 0 Å². The number of primary amides is 1. The second-order valence-corrected chi connectivity index (χ2v) is 11.3. The number of H-pyrrole nitrogens is 1. The molecule has 0 bridgehead atoms. The lowest BCUT2D eigenvalue weighted by Crippen LogP contribution is -2.52. The molecule has 0 radical (unpaired) electrons. The molecule has 2 heterocycles. The fourth-order valence-electron chi connectivity index (χ4n) is 6.04. The third-order valence-corrected chi connectivity index (χ3v) is 8.60. The Hall–Kier alpha value is -4.61. The number of nitrogens with zero attached hydrogens (tertiary/aromatic N) is 6. The number of carbonyl (C=O) groups is 2. The van der Waals surface area contributed by atoms with Crippen LogP contribution >= 0.6 is 12.4 Å². The van der Waals surface area contributed by atoms with Gasteiger partial charge in [0, 0.05) is 30.6 Å². The summed E-state index contributed by atoms with van der Waals surface area (Å²) in [4.78, 5) is 33.2. The first-order chi connectivity index (χ1) is 20.9. The van der Waals surface area contributed by atoms with E-state index in [2.05, 4.69) is 37.7 Å². The molecule has 2 aromatic heterocycles. The number of anilines is 1. The van der Waals surface area contributed by atoms with Gasteiger partial charge in [-0.1, -0.05) is 30.3 Å². The highest BCUT2D eigenvalue weighted by Gasteiger charge is 2.36. The Bertz CT molecular complexity index is 1710. The molecule has 1 aliphatic rings. The molecule has 1 saturated carbocycles. The Morgan fingerprint density at radius 1 is 0.977 bits per heavy atom. The van der Waals surface area contributed by atoms with Crippen molar-refractivity contribution in [3.05, 3.63) is 78.6 Å². The average Bonchev–Trinajstić information content (AvgIpc) is 3.71. The minimum atomic E-state index is -0.868. The number of aromatic amines is 1. The van der Waals surface area contributed by atoms with Gasteiger partial charge in [-0.05, 0) is 96.4 Å². The van der Waals surface area contributed by atoms with E-state index < -0.39 is 11.9 Å². The van der Waals surface area contributed by atoms with Crippen LogP contribution in [-0.2, 0) is 23.1 Å². The van der Waals surface area contributed by atoms with Gasteiger partial charge in [0.25, 0.3) is 0 Å². The predicted octanol–water partition coefficient (Wildman–Crippen LogP) is 4.04. The van der Waals surface area contributed by atoms with Crippen LogP contribution in [0.3, 0.4) is 0 Å². The molecule has 228 valence electrons. The smallest absolute Gasteiger partial charge is 0.240 e. The van der Waals surface area contributed by atoms with Gasteiger partial charge in [-0.25, -0.2) is 4.98 Å². The Morgan fingerprint density at radius 3 is 2.30 bits per heavy atom. The van der Waals surface area contributed by atoms with E-state index in [0.29, 0.717) is 24.0 Å². The van der Waals surface area contributed by atoms with Gasteiger partial charge >= 0.3 is 0 Å². The summed E-state index contributed by atoms with van der Waals surface area (Å²) in [5.74, 6) is 0.0184. The first-order valence-corrected chi connectivity index (χ1v) is 14.6. The van der Waals surface area contributed by atoms with Gasteiger partial charge in [-0.3, -0.25) is 14.5 Å². The molecule has 0 saturated heterocycles. The number of fused-ring (bicyclic) bond motifs is 1. The Kier molecular flexibility index (Phi) is 9.36. The summed E-state index contributed by atoms with van der Waals surface area (Å²) in [5, 5.41) is 14.1. The zero-order valence-electron chi connectivity index (χ0n) is 24.5. The number of nitrogens with one attached hydrogen (secondary N) is 1. The first kappa shape index (κ1) is 30.8. The SMILES string of the molecule is Cl.Cn1cnc2ccc(-c3ccc(C[C@@H](C(N)=O)N(c4ccc(-c5nn[nH]n5)cc4)C(=O)[C@H]4CC[C@H](CN)CC4)cc3)cc21. The maximum atomic E-state index is 14.1. The molecule has 44 heavy (non-hydrogen) atoms. The van der Waals surface area contributed by atoms with E-state index in [-0.39, 0.29) is 30.7 Å². The molecule has 12 heteroatoms. The zero-order valence-corrected chi connectivity index (χ0v) is 25.3. The third kappa shape index (κ3) is 6.34. The second-order valence-electron chi connectivity index (χ2n) is 11.3. The number of tetrazole rings is 1. The number of aryl methyl sites for hydroxylation is 1. The maximum Gasteiger partial charge on any atom is 0.240 e. The number of aromatic nitrogens is 6. The number of halogens is 1. The minimum Gasteiger partial charge on any atom is -0.368 e. The van der Waals surface area contributed by atoms with Crippen LogP contribution in [0.4, 0.5) is 5.69 Å². The molecule has 11 nitrogen and oxygen atoms in total. The number of imidazole rings is 1. The highest BCUT2D eigenvalue weighted by molar-refractivity contribution is 6.01. The normalized spacial score (nSPS) is 17.1. The van der Waals surface area contributed by atoms with Crippen molar-refractivity contribution in [1.82, 2.24) is 30.2 Å². The van der Waals surface area contributed by atoms with E-state index in [0.717, 1.165) is 59.0 Å². The van der Waals surface area contributed by atoms with Crippen molar-refractivity contribution in [3.8, 4) is 22.5 Å². The lowest BCUT2D eigenvalue weighted by Gasteiger charge is -2.35. The van der Waals surface area contributed by atoms with Crippen LogP contribution in [0.15, 0.2) is 73.1 Å². The van der Waals surface area contributed by atoms with Crippen molar-refractivity contribution < 1.29 is 9.59 Å². The standard InChI is InChI=1S/C32H35N9O2.ClH/c1-40-19-35-27-15-12-25(17-28(27)40)22-6-2-20(3-7-22)16-29(30(34)42)41(32(43)24-8-4-21(18-33)5-9-24)26-13-10-23(11-14-26)31-36-38-39-37-31;/h2-3,6-7,10-15,17,19,21,24,29H,4-5,8-9,16,18,33H2,1H3,(H2,34,42)(H,36,37,38,39);1H/t21-,24-,29-;/m0./s1. The zero-order chi connectivity index (χ0) is 29.9. The Balaban J connectivity index is 0.00000384. The van der Waals surface area contributed by atoms with Gasteiger partial charge in [-0.2, -0.15) is 5.21 Å². The first-order valence-electron chi connectivity index (χ1n) is 14.6. The third-order valence-electron chi connectivity index (χ3n) is 8.60. The average molecular weight is 614 g/mol. The van der Waals surface area contributed by atoms with Crippen molar-refractivity contribution in [2.75, 3.05) is 11.4 Å². The number of benzene rings is 3. The van der Waals surface area contributed by atoms with Crippen LogP contribution in [0.25, 0.3) is 33.5 Å². The van der Waals surface area contributed by atoms with Gasteiger partial charge in [0.05, 0.1) is 17.4 Å². The van der Waals surface area contributed by atoms with E-state index in [4.69, 9.17) is 11.5 Å². The lowest BCUT2D eigenvalue weighted by atomic mass is 9.81. The molecular formula is C32H36ClN9O2. The van der Waals surface area contributed by atoms with E-state index in [1.54, 1.807) is 11.2 Å². The minimum absolute atomic E-state index is 0. The summed E-state index contributed by atoms with van der Waals surface area (Å²) >= 11 is 0. The molecule has 6 rings (SSSR count). The van der Waals surface area contributed by atoms with Gasteiger partial charge in [0.15, 0.2) is 0 Å². The summed E-state index contributed by atoms with van der Waals surface area (Å²) < 4.78 is 1.99. The van der Waals surface area contributed by atoms with Crippen molar-refractivity contribution in [2.45, 2.75) is 38.1 Å². The molecule has 2 amide bonds. The summed E-state index contributed by atoms with van der Waals surface area (Å²) in [7, 11) is 1.97. The van der Waals surface area contributed by atoms with Gasteiger partial charge < -0.3 is 16.0 Å². The molecule has 1 aliphatic carbocycles. The molecule has 3 aromatic carbocycles. The van der Waals surface area contributed by atoms with Gasteiger partial charge in [-0.15, -0.1) is 22.6 Å². The quantitative estimate of drug-likeness (QED) is 0.226. The van der Waals surface area contributed by atoms with Crippen LogP contribution in [0.1, 0.15) is 31.2 Å². The van der Waals surface area contributed by atoms with Crippen molar-refractivity contribution in [1.29, 1.82) is 0 Å².